The normalized spacial score (nSPS) is 17.0. The third-order valence-electron chi connectivity index (χ3n) is 4.67. The van der Waals surface area contributed by atoms with Crippen molar-refractivity contribution >= 4 is 17.5 Å². The van der Waals surface area contributed by atoms with E-state index in [4.69, 9.17) is 9.47 Å². The Morgan fingerprint density at radius 1 is 1.11 bits per heavy atom. The second kappa shape index (κ2) is 7.65. The number of carbonyl (C=O) groups is 2. The van der Waals surface area contributed by atoms with Crippen LogP contribution in [0.15, 0.2) is 42.5 Å². The molecule has 1 saturated heterocycles. The lowest BCUT2D eigenvalue weighted by atomic mass is 10.1. The molecular weight excluding hydrogens is 351 g/mol. The molecule has 0 spiro atoms. The first-order valence-electron chi connectivity index (χ1n) is 8.56. The largest absolute Gasteiger partial charge is 0.497 e. The highest BCUT2D eigenvalue weighted by molar-refractivity contribution is 6.04. The van der Waals surface area contributed by atoms with E-state index < -0.39 is 11.9 Å². The quantitative estimate of drug-likeness (QED) is 0.828. The van der Waals surface area contributed by atoms with Crippen LogP contribution in [-0.2, 0) is 4.79 Å². The van der Waals surface area contributed by atoms with Crippen molar-refractivity contribution in [3.8, 4) is 11.5 Å². The summed E-state index contributed by atoms with van der Waals surface area (Å²) >= 11 is 0. The minimum absolute atomic E-state index is 0.227. The summed E-state index contributed by atoms with van der Waals surface area (Å²) in [6.45, 7) is 2.31. The Hall–Kier alpha value is -3.09. The van der Waals surface area contributed by atoms with Gasteiger partial charge in [0, 0.05) is 24.7 Å². The SMILES string of the molecule is COc1ccc(N2CCN(C(=O)c3cccc(F)c3)C(C)C2=O)c(OC)c1. The van der Waals surface area contributed by atoms with Gasteiger partial charge >= 0.3 is 0 Å². The Morgan fingerprint density at radius 2 is 1.89 bits per heavy atom. The average Bonchev–Trinajstić information content (AvgIpc) is 2.69. The van der Waals surface area contributed by atoms with Gasteiger partial charge in [0.05, 0.1) is 19.9 Å². The molecule has 7 heteroatoms. The summed E-state index contributed by atoms with van der Waals surface area (Å²) in [5.41, 5.74) is 0.845. The number of nitrogens with zero attached hydrogens (tertiary/aromatic N) is 2. The summed E-state index contributed by atoms with van der Waals surface area (Å²) in [7, 11) is 3.08. The molecule has 2 amide bonds. The van der Waals surface area contributed by atoms with Crippen molar-refractivity contribution in [2.45, 2.75) is 13.0 Å². The van der Waals surface area contributed by atoms with Crippen molar-refractivity contribution in [3.63, 3.8) is 0 Å². The number of amides is 2. The molecule has 0 radical (unpaired) electrons. The van der Waals surface area contributed by atoms with Crippen LogP contribution >= 0.6 is 0 Å². The summed E-state index contributed by atoms with van der Waals surface area (Å²) < 4.78 is 24.0. The molecule has 0 saturated carbocycles. The van der Waals surface area contributed by atoms with Gasteiger partial charge in [-0.3, -0.25) is 9.59 Å². The van der Waals surface area contributed by atoms with Crippen LogP contribution in [0, 0.1) is 5.82 Å². The summed E-state index contributed by atoms with van der Waals surface area (Å²) in [5, 5.41) is 0. The Bertz CT molecular complexity index is 871. The van der Waals surface area contributed by atoms with Crippen LogP contribution < -0.4 is 14.4 Å². The fourth-order valence-corrected chi connectivity index (χ4v) is 3.18. The molecular formula is C20H21FN2O4. The van der Waals surface area contributed by atoms with Gasteiger partial charge in [-0.2, -0.15) is 0 Å². The van der Waals surface area contributed by atoms with Crippen molar-refractivity contribution in [1.29, 1.82) is 0 Å². The molecule has 1 heterocycles. The number of ether oxygens (including phenoxy) is 2. The van der Waals surface area contributed by atoms with Gasteiger partial charge in [0.15, 0.2) is 0 Å². The second-order valence-corrected chi connectivity index (χ2v) is 6.21. The Kier molecular flexibility index (Phi) is 5.30. The molecule has 142 valence electrons. The van der Waals surface area contributed by atoms with Crippen LogP contribution in [0.3, 0.4) is 0 Å². The number of piperazine rings is 1. The molecule has 2 aromatic carbocycles. The molecule has 0 N–H and O–H groups in total. The number of hydrogen-bond donors (Lipinski definition) is 0. The van der Waals surface area contributed by atoms with Gasteiger partial charge < -0.3 is 19.3 Å². The number of halogens is 1. The van der Waals surface area contributed by atoms with Crippen LogP contribution in [0.5, 0.6) is 11.5 Å². The number of benzene rings is 2. The third kappa shape index (κ3) is 3.58. The lowest BCUT2D eigenvalue weighted by Crippen LogP contribution is -2.57. The molecule has 3 rings (SSSR count). The Balaban J connectivity index is 1.84. The van der Waals surface area contributed by atoms with E-state index in [2.05, 4.69) is 0 Å². The predicted molar refractivity (Wildman–Crippen MR) is 98.8 cm³/mol. The number of anilines is 1. The molecule has 1 unspecified atom stereocenters. The topological polar surface area (TPSA) is 59.1 Å². The second-order valence-electron chi connectivity index (χ2n) is 6.21. The highest BCUT2D eigenvalue weighted by Gasteiger charge is 2.36. The first-order chi connectivity index (χ1) is 13.0. The smallest absolute Gasteiger partial charge is 0.254 e. The Labute approximate surface area is 157 Å². The highest BCUT2D eigenvalue weighted by atomic mass is 19.1. The maximum absolute atomic E-state index is 13.4. The molecule has 1 fully saturated rings. The van der Waals surface area contributed by atoms with Crippen molar-refractivity contribution in [3.05, 3.63) is 53.8 Å². The molecule has 0 aliphatic carbocycles. The van der Waals surface area contributed by atoms with E-state index in [0.29, 0.717) is 30.3 Å². The molecule has 6 nitrogen and oxygen atoms in total. The van der Waals surface area contributed by atoms with E-state index in [1.807, 2.05) is 0 Å². The molecule has 1 aliphatic heterocycles. The first-order valence-corrected chi connectivity index (χ1v) is 8.56. The van der Waals surface area contributed by atoms with Gasteiger partial charge in [0.25, 0.3) is 5.91 Å². The molecule has 27 heavy (non-hydrogen) atoms. The van der Waals surface area contributed by atoms with Crippen LogP contribution in [0.4, 0.5) is 10.1 Å². The van der Waals surface area contributed by atoms with Crippen molar-refractivity contribution in [2.24, 2.45) is 0 Å². The zero-order chi connectivity index (χ0) is 19.6. The van der Waals surface area contributed by atoms with Crippen molar-refractivity contribution in [1.82, 2.24) is 4.90 Å². The average molecular weight is 372 g/mol. The van der Waals surface area contributed by atoms with E-state index in [1.54, 1.807) is 43.2 Å². The van der Waals surface area contributed by atoms with Crippen LogP contribution in [-0.4, -0.2) is 50.1 Å². The minimum Gasteiger partial charge on any atom is -0.497 e. The first kappa shape index (κ1) is 18.7. The molecule has 0 aromatic heterocycles. The van der Waals surface area contributed by atoms with Crippen LogP contribution in [0.25, 0.3) is 0 Å². The number of rotatable bonds is 4. The van der Waals surface area contributed by atoms with E-state index in [0.717, 1.165) is 0 Å². The minimum atomic E-state index is -0.679. The van der Waals surface area contributed by atoms with Gasteiger partial charge in [-0.05, 0) is 37.3 Å². The summed E-state index contributed by atoms with van der Waals surface area (Å²) in [6, 6.07) is 10.0. The summed E-state index contributed by atoms with van der Waals surface area (Å²) in [5.74, 6) is 0.0587. The number of methoxy groups -OCH3 is 2. The van der Waals surface area contributed by atoms with Crippen molar-refractivity contribution < 1.29 is 23.5 Å². The highest BCUT2D eigenvalue weighted by Crippen LogP contribution is 2.34. The standard InChI is InChI=1S/C20H21FN2O4/c1-13-19(24)23(17-8-7-16(26-2)12-18(17)27-3)10-9-22(13)20(25)14-5-4-6-15(21)11-14/h4-8,11-13H,9-10H2,1-3H3. The maximum atomic E-state index is 13.4. The molecule has 0 bridgehead atoms. The summed E-state index contributed by atoms with van der Waals surface area (Å²) in [6.07, 6.45) is 0. The zero-order valence-electron chi connectivity index (χ0n) is 15.4. The van der Waals surface area contributed by atoms with Crippen molar-refractivity contribution in [2.75, 3.05) is 32.2 Å². The van der Waals surface area contributed by atoms with Crippen LogP contribution in [0.2, 0.25) is 0 Å². The van der Waals surface area contributed by atoms with E-state index in [9.17, 15) is 14.0 Å². The third-order valence-corrected chi connectivity index (χ3v) is 4.67. The fraction of sp³-hybridized carbons (Fsp3) is 0.300. The lowest BCUT2D eigenvalue weighted by molar-refractivity contribution is -0.124. The number of hydrogen-bond acceptors (Lipinski definition) is 4. The molecule has 1 atom stereocenters. The Morgan fingerprint density at radius 3 is 2.56 bits per heavy atom. The molecule has 1 aliphatic rings. The van der Waals surface area contributed by atoms with Gasteiger partial charge in [-0.25, -0.2) is 4.39 Å². The summed E-state index contributed by atoms with van der Waals surface area (Å²) in [4.78, 5) is 28.7. The van der Waals surface area contributed by atoms with Gasteiger partial charge in [-0.15, -0.1) is 0 Å². The van der Waals surface area contributed by atoms with E-state index in [-0.39, 0.29) is 17.4 Å². The fourth-order valence-electron chi connectivity index (χ4n) is 3.18. The van der Waals surface area contributed by atoms with Gasteiger partial charge in [0.2, 0.25) is 5.91 Å². The maximum Gasteiger partial charge on any atom is 0.254 e. The van der Waals surface area contributed by atoms with Gasteiger partial charge in [0.1, 0.15) is 23.4 Å². The lowest BCUT2D eigenvalue weighted by Gasteiger charge is -2.39. The predicted octanol–water partition coefficient (Wildman–Crippen LogP) is 2.72. The van der Waals surface area contributed by atoms with Gasteiger partial charge in [-0.1, -0.05) is 6.07 Å². The van der Waals surface area contributed by atoms with Crippen LogP contribution in [0.1, 0.15) is 17.3 Å². The molecule has 2 aromatic rings. The van der Waals surface area contributed by atoms with E-state index >= 15 is 0 Å². The monoisotopic (exact) mass is 372 g/mol. The van der Waals surface area contributed by atoms with E-state index in [1.165, 1.54) is 30.2 Å². The zero-order valence-corrected chi connectivity index (χ0v) is 15.4. The number of carbonyl (C=O) groups excluding carboxylic acids is 2.